The highest BCUT2D eigenvalue weighted by Gasteiger charge is 2.07. The maximum Gasteiger partial charge on any atom is 0.227 e. The molecule has 2 aromatic rings. The first-order chi connectivity index (χ1) is 8.78. The Morgan fingerprint density at radius 3 is 2.78 bits per heavy atom. The zero-order valence-corrected chi connectivity index (χ0v) is 10.6. The third kappa shape index (κ3) is 3.61. The summed E-state index contributed by atoms with van der Waals surface area (Å²) in [5.74, 6) is -0.125. The maximum absolute atomic E-state index is 11.3. The van der Waals surface area contributed by atoms with Crippen molar-refractivity contribution in [2.24, 2.45) is 5.73 Å². The van der Waals surface area contributed by atoms with Gasteiger partial charge in [0, 0.05) is 19.4 Å². The molecule has 1 amide bonds. The van der Waals surface area contributed by atoms with E-state index in [1.54, 1.807) is 0 Å². The normalized spacial score (nSPS) is 10.3. The van der Waals surface area contributed by atoms with Gasteiger partial charge >= 0.3 is 0 Å². The minimum absolute atomic E-state index is 0.125. The van der Waals surface area contributed by atoms with Crippen LogP contribution in [0.1, 0.15) is 17.0 Å². The van der Waals surface area contributed by atoms with Gasteiger partial charge in [-0.25, -0.2) is 0 Å². The smallest absolute Gasteiger partial charge is 0.227 e. The SMILES string of the molecule is NCCC(=O)Nc1nnc(Cc2ccccc2)s1. The van der Waals surface area contributed by atoms with Gasteiger partial charge in [-0.1, -0.05) is 41.7 Å². The van der Waals surface area contributed by atoms with Crippen LogP contribution in [0.3, 0.4) is 0 Å². The van der Waals surface area contributed by atoms with E-state index < -0.39 is 0 Å². The summed E-state index contributed by atoms with van der Waals surface area (Å²) in [4.78, 5) is 11.3. The Hall–Kier alpha value is -1.79. The standard InChI is InChI=1S/C12H14N4OS/c13-7-6-10(17)14-12-16-15-11(18-12)8-9-4-2-1-3-5-9/h1-5H,6-8,13H2,(H,14,16,17). The van der Waals surface area contributed by atoms with Crippen LogP contribution in [0, 0.1) is 0 Å². The molecule has 0 saturated carbocycles. The topological polar surface area (TPSA) is 80.9 Å². The Labute approximate surface area is 109 Å². The van der Waals surface area contributed by atoms with Crippen LogP contribution in [0.15, 0.2) is 30.3 Å². The van der Waals surface area contributed by atoms with Crippen LogP contribution in [0.25, 0.3) is 0 Å². The second-order valence-electron chi connectivity index (χ2n) is 3.75. The molecule has 0 fully saturated rings. The number of nitrogens with two attached hydrogens (primary N) is 1. The average molecular weight is 262 g/mol. The second kappa shape index (κ2) is 6.23. The highest BCUT2D eigenvalue weighted by molar-refractivity contribution is 7.15. The van der Waals surface area contributed by atoms with E-state index in [-0.39, 0.29) is 5.91 Å². The van der Waals surface area contributed by atoms with E-state index in [0.29, 0.717) is 18.1 Å². The van der Waals surface area contributed by atoms with Gasteiger partial charge in [0.2, 0.25) is 11.0 Å². The summed E-state index contributed by atoms with van der Waals surface area (Å²) in [6.45, 7) is 0.335. The minimum Gasteiger partial charge on any atom is -0.330 e. The molecule has 0 aliphatic carbocycles. The van der Waals surface area contributed by atoms with E-state index in [1.807, 2.05) is 30.3 Å². The number of nitrogens with zero attached hydrogens (tertiary/aromatic N) is 2. The number of carbonyl (C=O) groups is 1. The number of benzene rings is 1. The highest BCUT2D eigenvalue weighted by atomic mass is 32.1. The number of aromatic nitrogens is 2. The first-order valence-electron chi connectivity index (χ1n) is 5.64. The van der Waals surface area contributed by atoms with Crippen molar-refractivity contribution in [2.75, 3.05) is 11.9 Å². The van der Waals surface area contributed by atoms with Crippen LogP contribution in [0.4, 0.5) is 5.13 Å². The lowest BCUT2D eigenvalue weighted by atomic mass is 10.2. The highest BCUT2D eigenvalue weighted by Crippen LogP contribution is 2.18. The predicted octanol–water partition coefficient (Wildman–Crippen LogP) is 1.42. The summed E-state index contributed by atoms with van der Waals surface area (Å²) in [5, 5.41) is 12.1. The molecule has 5 nitrogen and oxygen atoms in total. The Morgan fingerprint density at radius 1 is 1.28 bits per heavy atom. The molecule has 0 unspecified atom stereocenters. The fourth-order valence-electron chi connectivity index (χ4n) is 1.46. The van der Waals surface area contributed by atoms with Crippen LogP contribution in [-0.4, -0.2) is 22.6 Å². The van der Waals surface area contributed by atoms with E-state index in [2.05, 4.69) is 15.5 Å². The lowest BCUT2D eigenvalue weighted by Gasteiger charge is -1.97. The van der Waals surface area contributed by atoms with Crippen molar-refractivity contribution in [1.82, 2.24) is 10.2 Å². The Kier molecular flexibility index (Phi) is 4.38. The number of anilines is 1. The zero-order valence-electron chi connectivity index (χ0n) is 9.80. The van der Waals surface area contributed by atoms with Gasteiger partial charge in [-0.2, -0.15) is 0 Å². The quantitative estimate of drug-likeness (QED) is 0.853. The summed E-state index contributed by atoms with van der Waals surface area (Å²) in [7, 11) is 0. The summed E-state index contributed by atoms with van der Waals surface area (Å²) >= 11 is 1.39. The van der Waals surface area contributed by atoms with Crippen molar-refractivity contribution < 1.29 is 4.79 Å². The van der Waals surface area contributed by atoms with Crippen LogP contribution in [0.5, 0.6) is 0 Å². The van der Waals surface area contributed by atoms with Gasteiger partial charge in [0.05, 0.1) is 0 Å². The summed E-state index contributed by atoms with van der Waals surface area (Å²) in [6.07, 6.45) is 1.03. The van der Waals surface area contributed by atoms with Crippen molar-refractivity contribution in [3.8, 4) is 0 Å². The van der Waals surface area contributed by atoms with Crippen LogP contribution in [0.2, 0.25) is 0 Å². The van der Waals surface area contributed by atoms with Gasteiger partial charge in [0.1, 0.15) is 5.01 Å². The second-order valence-corrected chi connectivity index (χ2v) is 4.81. The van der Waals surface area contributed by atoms with E-state index in [1.165, 1.54) is 16.9 Å². The lowest BCUT2D eigenvalue weighted by molar-refractivity contribution is -0.116. The van der Waals surface area contributed by atoms with E-state index in [0.717, 1.165) is 11.4 Å². The molecule has 0 saturated heterocycles. The van der Waals surface area contributed by atoms with Crippen molar-refractivity contribution in [3.05, 3.63) is 40.9 Å². The minimum atomic E-state index is -0.125. The first kappa shape index (κ1) is 12.7. The van der Waals surface area contributed by atoms with E-state index in [4.69, 9.17) is 5.73 Å². The molecule has 0 bridgehead atoms. The molecule has 1 heterocycles. The van der Waals surface area contributed by atoms with Crippen molar-refractivity contribution in [2.45, 2.75) is 12.8 Å². The van der Waals surface area contributed by atoms with Crippen molar-refractivity contribution in [1.29, 1.82) is 0 Å². The summed E-state index contributed by atoms with van der Waals surface area (Å²) in [6, 6.07) is 10.0. The number of amides is 1. The molecular formula is C12H14N4OS. The van der Waals surface area contributed by atoms with Gasteiger partial charge in [-0.15, -0.1) is 10.2 Å². The average Bonchev–Trinajstić information content (AvgIpc) is 2.78. The molecule has 6 heteroatoms. The molecule has 18 heavy (non-hydrogen) atoms. The molecule has 2 rings (SSSR count). The van der Waals surface area contributed by atoms with Crippen molar-refractivity contribution in [3.63, 3.8) is 0 Å². The predicted molar refractivity (Wildman–Crippen MR) is 71.5 cm³/mol. The third-order valence-corrected chi connectivity index (χ3v) is 3.12. The monoisotopic (exact) mass is 262 g/mol. The van der Waals surface area contributed by atoms with Crippen LogP contribution >= 0.6 is 11.3 Å². The van der Waals surface area contributed by atoms with Gasteiger partial charge in [-0.05, 0) is 5.56 Å². The first-order valence-corrected chi connectivity index (χ1v) is 6.46. The fraction of sp³-hybridized carbons (Fsp3) is 0.250. The van der Waals surface area contributed by atoms with Gasteiger partial charge in [-0.3, -0.25) is 4.79 Å². The maximum atomic E-state index is 11.3. The number of nitrogens with one attached hydrogen (secondary N) is 1. The fourth-order valence-corrected chi connectivity index (χ4v) is 2.25. The molecule has 0 aliphatic rings. The molecular weight excluding hydrogens is 248 g/mol. The lowest BCUT2D eigenvalue weighted by Crippen LogP contribution is -2.15. The molecule has 0 aliphatic heterocycles. The third-order valence-electron chi connectivity index (χ3n) is 2.28. The molecule has 0 atom stereocenters. The summed E-state index contributed by atoms with van der Waals surface area (Å²) in [5.41, 5.74) is 6.47. The Morgan fingerprint density at radius 2 is 2.06 bits per heavy atom. The largest absolute Gasteiger partial charge is 0.330 e. The number of carbonyl (C=O) groups excluding carboxylic acids is 1. The Balaban J connectivity index is 1.96. The molecule has 94 valence electrons. The molecule has 1 aromatic carbocycles. The molecule has 3 N–H and O–H groups in total. The van der Waals surface area contributed by atoms with Gasteiger partial charge in [0.15, 0.2) is 0 Å². The van der Waals surface area contributed by atoms with E-state index >= 15 is 0 Å². The van der Waals surface area contributed by atoms with E-state index in [9.17, 15) is 4.79 Å². The van der Waals surface area contributed by atoms with Crippen LogP contribution < -0.4 is 11.1 Å². The van der Waals surface area contributed by atoms with Crippen LogP contribution in [-0.2, 0) is 11.2 Å². The Bertz CT molecular complexity index is 512. The molecule has 0 radical (unpaired) electrons. The molecule has 1 aromatic heterocycles. The molecule has 0 spiro atoms. The number of rotatable bonds is 5. The number of hydrogen-bond donors (Lipinski definition) is 2. The van der Waals surface area contributed by atoms with Gasteiger partial charge in [0.25, 0.3) is 0 Å². The number of hydrogen-bond acceptors (Lipinski definition) is 5. The van der Waals surface area contributed by atoms with Crippen molar-refractivity contribution >= 4 is 22.4 Å². The zero-order chi connectivity index (χ0) is 12.8. The summed E-state index contributed by atoms with van der Waals surface area (Å²) < 4.78 is 0. The van der Waals surface area contributed by atoms with Gasteiger partial charge < -0.3 is 11.1 Å².